The SMILES string of the molecule is COc1cc(C(=O)Oc2ccc3c(c2)O/C(=C/c2cn(C)c4ccccc24)C3=O)cc(OC)c1OC. The zero-order valence-electron chi connectivity index (χ0n) is 20.2. The van der Waals surface area contributed by atoms with Crippen LogP contribution < -0.4 is 23.7 Å². The van der Waals surface area contributed by atoms with E-state index >= 15 is 0 Å². The van der Waals surface area contributed by atoms with Crippen LogP contribution in [-0.2, 0) is 7.05 Å². The van der Waals surface area contributed by atoms with Gasteiger partial charge in [-0.2, -0.15) is 0 Å². The Labute approximate surface area is 207 Å². The minimum atomic E-state index is -0.634. The maximum Gasteiger partial charge on any atom is 0.343 e. The monoisotopic (exact) mass is 485 g/mol. The zero-order chi connectivity index (χ0) is 25.4. The third kappa shape index (κ3) is 3.92. The number of esters is 1. The summed E-state index contributed by atoms with van der Waals surface area (Å²) in [7, 11) is 6.35. The van der Waals surface area contributed by atoms with Crippen LogP contribution in [0.3, 0.4) is 0 Å². The van der Waals surface area contributed by atoms with Gasteiger partial charge in [-0.15, -0.1) is 0 Å². The number of carbonyl (C=O) groups is 2. The molecule has 36 heavy (non-hydrogen) atoms. The maximum atomic E-state index is 13.0. The topological polar surface area (TPSA) is 85.2 Å². The number of ether oxygens (including phenoxy) is 5. The normalized spacial score (nSPS) is 13.4. The molecule has 0 aliphatic carbocycles. The molecule has 2 heterocycles. The molecule has 0 fully saturated rings. The average Bonchev–Trinajstić information content (AvgIpc) is 3.38. The van der Waals surface area contributed by atoms with Crippen molar-refractivity contribution >= 4 is 28.7 Å². The van der Waals surface area contributed by atoms with Crippen LogP contribution in [0.5, 0.6) is 28.7 Å². The second kappa shape index (κ2) is 9.14. The molecule has 0 radical (unpaired) electrons. The largest absolute Gasteiger partial charge is 0.493 e. The number of methoxy groups -OCH3 is 3. The zero-order valence-corrected chi connectivity index (χ0v) is 20.2. The number of rotatable bonds is 6. The lowest BCUT2D eigenvalue weighted by molar-refractivity contribution is 0.0733. The summed E-state index contributed by atoms with van der Waals surface area (Å²) >= 11 is 0. The number of para-hydroxylation sites is 1. The highest BCUT2D eigenvalue weighted by molar-refractivity contribution is 6.15. The number of allylic oxidation sites excluding steroid dienone is 1. The molecule has 4 aromatic rings. The molecule has 0 N–H and O–H groups in total. The number of benzene rings is 3. The van der Waals surface area contributed by atoms with E-state index in [-0.39, 0.29) is 22.9 Å². The van der Waals surface area contributed by atoms with Crippen LogP contribution in [0, 0.1) is 0 Å². The smallest absolute Gasteiger partial charge is 0.343 e. The molecule has 8 nitrogen and oxygen atoms in total. The number of nitrogens with zero attached hydrogens (tertiary/aromatic N) is 1. The molecule has 182 valence electrons. The van der Waals surface area contributed by atoms with E-state index in [9.17, 15) is 9.59 Å². The van der Waals surface area contributed by atoms with E-state index in [0.29, 0.717) is 28.6 Å². The van der Waals surface area contributed by atoms with Crippen molar-refractivity contribution in [1.82, 2.24) is 4.57 Å². The van der Waals surface area contributed by atoms with Gasteiger partial charge in [0, 0.05) is 35.8 Å². The van der Waals surface area contributed by atoms with Gasteiger partial charge < -0.3 is 28.3 Å². The number of Topliss-reactive ketones (excluding diaryl/α,β-unsaturated/α-hetero) is 1. The molecule has 8 heteroatoms. The van der Waals surface area contributed by atoms with Crippen LogP contribution in [0.25, 0.3) is 17.0 Å². The van der Waals surface area contributed by atoms with E-state index in [0.717, 1.165) is 16.5 Å². The second-order valence-corrected chi connectivity index (χ2v) is 8.11. The van der Waals surface area contributed by atoms with Crippen molar-refractivity contribution < 1.29 is 33.3 Å². The summed E-state index contributed by atoms with van der Waals surface area (Å²) < 4.78 is 29.3. The summed E-state index contributed by atoms with van der Waals surface area (Å²) in [6, 6.07) is 15.6. The summed E-state index contributed by atoms with van der Waals surface area (Å²) in [5.74, 6) is 0.907. The lowest BCUT2D eigenvalue weighted by atomic mass is 10.1. The Bertz CT molecular complexity index is 1520. The molecule has 0 atom stereocenters. The Morgan fingerprint density at radius 1 is 0.944 bits per heavy atom. The fourth-order valence-electron chi connectivity index (χ4n) is 4.22. The van der Waals surface area contributed by atoms with Crippen LogP contribution >= 0.6 is 0 Å². The van der Waals surface area contributed by atoms with Crippen LogP contribution in [0.1, 0.15) is 26.3 Å². The number of aryl methyl sites for hydroxylation is 1. The van der Waals surface area contributed by atoms with E-state index in [2.05, 4.69) is 0 Å². The number of carbonyl (C=O) groups excluding carboxylic acids is 2. The lowest BCUT2D eigenvalue weighted by Gasteiger charge is -2.13. The van der Waals surface area contributed by atoms with Gasteiger partial charge >= 0.3 is 5.97 Å². The fourth-order valence-corrected chi connectivity index (χ4v) is 4.22. The third-order valence-corrected chi connectivity index (χ3v) is 5.97. The molecule has 1 aromatic heterocycles. The van der Waals surface area contributed by atoms with Crippen LogP contribution in [-0.4, -0.2) is 37.6 Å². The van der Waals surface area contributed by atoms with Gasteiger partial charge in [0.15, 0.2) is 17.3 Å². The Hall–Kier alpha value is -4.72. The molecule has 0 spiro atoms. The molecule has 0 saturated heterocycles. The Kier molecular flexibility index (Phi) is 5.85. The highest BCUT2D eigenvalue weighted by Crippen LogP contribution is 2.39. The first-order chi connectivity index (χ1) is 17.4. The molecule has 1 aliphatic heterocycles. The highest BCUT2D eigenvalue weighted by Gasteiger charge is 2.29. The van der Waals surface area contributed by atoms with Crippen molar-refractivity contribution in [1.29, 1.82) is 0 Å². The Morgan fingerprint density at radius 3 is 2.36 bits per heavy atom. The highest BCUT2D eigenvalue weighted by atomic mass is 16.5. The molecule has 0 unspecified atom stereocenters. The van der Waals surface area contributed by atoms with E-state index in [1.165, 1.54) is 39.5 Å². The van der Waals surface area contributed by atoms with Gasteiger partial charge in [0.05, 0.1) is 32.5 Å². The van der Waals surface area contributed by atoms with Crippen molar-refractivity contribution in [2.45, 2.75) is 0 Å². The predicted octanol–water partition coefficient (Wildman–Crippen LogP) is 5.04. The molecular formula is C28H23NO7. The van der Waals surface area contributed by atoms with E-state index < -0.39 is 5.97 Å². The number of hydrogen-bond donors (Lipinski definition) is 0. The minimum Gasteiger partial charge on any atom is -0.493 e. The van der Waals surface area contributed by atoms with Crippen LogP contribution in [0.15, 0.2) is 66.6 Å². The van der Waals surface area contributed by atoms with Crippen molar-refractivity contribution in [2.75, 3.05) is 21.3 Å². The quantitative estimate of drug-likeness (QED) is 0.215. The van der Waals surface area contributed by atoms with E-state index in [1.807, 2.05) is 42.1 Å². The fraction of sp³-hybridized carbons (Fsp3) is 0.143. The summed E-state index contributed by atoms with van der Waals surface area (Å²) in [5.41, 5.74) is 2.53. The van der Waals surface area contributed by atoms with Gasteiger partial charge in [-0.1, -0.05) is 18.2 Å². The predicted molar refractivity (Wildman–Crippen MR) is 133 cm³/mol. The molecular weight excluding hydrogens is 462 g/mol. The average molecular weight is 485 g/mol. The summed E-state index contributed by atoms with van der Waals surface area (Å²) in [6.07, 6.45) is 3.67. The summed E-state index contributed by atoms with van der Waals surface area (Å²) in [5, 5.41) is 1.01. The number of ketones is 1. The van der Waals surface area contributed by atoms with Gasteiger partial charge in [-0.25, -0.2) is 4.79 Å². The first kappa shape index (κ1) is 23.0. The van der Waals surface area contributed by atoms with E-state index in [4.69, 9.17) is 23.7 Å². The first-order valence-corrected chi connectivity index (χ1v) is 11.1. The van der Waals surface area contributed by atoms with Gasteiger partial charge in [0.1, 0.15) is 11.5 Å². The molecule has 0 bridgehead atoms. The standard InChI is InChI=1S/C28H23NO7/c1-29-15-17(19-7-5-6-8-21(19)29)13-23-26(30)20-10-9-18(14-22(20)36-23)35-28(31)16-11-24(32-2)27(34-4)25(12-16)33-3/h5-15H,1-4H3/b23-13+. The number of fused-ring (bicyclic) bond motifs is 2. The van der Waals surface area contributed by atoms with E-state index in [1.54, 1.807) is 18.2 Å². The number of aromatic nitrogens is 1. The van der Waals surface area contributed by atoms with Gasteiger partial charge in [-0.05, 0) is 36.4 Å². The van der Waals surface area contributed by atoms with Crippen LogP contribution in [0.2, 0.25) is 0 Å². The number of hydrogen-bond acceptors (Lipinski definition) is 7. The summed E-state index contributed by atoms with van der Waals surface area (Å²) in [4.78, 5) is 25.8. The molecule has 1 aliphatic rings. The van der Waals surface area contributed by atoms with Gasteiger partial charge in [0.25, 0.3) is 0 Å². The van der Waals surface area contributed by atoms with Crippen molar-refractivity contribution in [3.8, 4) is 28.7 Å². The minimum absolute atomic E-state index is 0.203. The Balaban J connectivity index is 1.40. The second-order valence-electron chi connectivity index (χ2n) is 8.11. The molecule has 0 amide bonds. The van der Waals surface area contributed by atoms with Crippen LogP contribution in [0.4, 0.5) is 0 Å². The van der Waals surface area contributed by atoms with Gasteiger partial charge in [-0.3, -0.25) is 4.79 Å². The Morgan fingerprint density at radius 2 is 1.67 bits per heavy atom. The maximum absolute atomic E-state index is 13.0. The lowest BCUT2D eigenvalue weighted by Crippen LogP contribution is -2.09. The molecule has 0 saturated carbocycles. The van der Waals surface area contributed by atoms with Gasteiger partial charge in [0.2, 0.25) is 11.5 Å². The summed E-state index contributed by atoms with van der Waals surface area (Å²) in [6.45, 7) is 0. The van der Waals surface area contributed by atoms with Crippen molar-refractivity contribution in [3.05, 3.63) is 83.2 Å². The molecule has 5 rings (SSSR count). The molecule has 3 aromatic carbocycles. The van der Waals surface area contributed by atoms with Crippen molar-refractivity contribution in [2.24, 2.45) is 7.05 Å². The first-order valence-electron chi connectivity index (χ1n) is 11.1. The van der Waals surface area contributed by atoms with Crippen molar-refractivity contribution in [3.63, 3.8) is 0 Å². The third-order valence-electron chi connectivity index (χ3n) is 5.97.